The van der Waals surface area contributed by atoms with Gasteiger partial charge in [0.2, 0.25) is 0 Å². The van der Waals surface area contributed by atoms with Crippen LogP contribution in [0.2, 0.25) is 0 Å². The molecule has 2 rings (SSSR count). The quantitative estimate of drug-likeness (QED) is 0.387. The van der Waals surface area contributed by atoms with Crippen molar-refractivity contribution in [2.24, 2.45) is 23.7 Å². The maximum atomic E-state index is 12.2. The fourth-order valence-electron chi connectivity index (χ4n) is 3.83. The normalized spacial score (nSPS) is 24.2. The molecule has 0 aromatic heterocycles. The van der Waals surface area contributed by atoms with Crippen molar-refractivity contribution in [3.63, 3.8) is 0 Å². The fraction of sp³-hybridized carbons (Fsp3) is 0.739. The summed E-state index contributed by atoms with van der Waals surface area (Å²) < 4.78 is 11.2. The predicted octanol–water partition coefficient (Wildman–Crippen LogP) is 5.23. The minimum Gasteiger partial charge on any atom is -0.465 e. The number of carbonyl (C=O) groups is 2. The molecule has 152 valence electrons. The van der Waals surface area contributed by atoms with Gasteiger partial charge in [0.05, 0.1) is 25.0 Å². The van der Waals surface area contributed by atoms with Gasteiger partial charge in [-0.25, -0.2) is 0 Å². The van der Waals surface area contributed by atoms with Crippen molar-refractivity contribution in [1.29, 1.82) is 0 Å². The van der Waals surface area contributed by atoms with E-state index in [1.807, 2.05) is 0 Å². The third-order valence-corrected chi connectivity index (χ3v) is 5.95. The molecule has 27 heavy (non-hydrogen) atoms. The predicted molar refractivity (Wildman–Crippen MR) is 107 cm³/mol. The van der Waals surface area contributed by atoms with E-state index in [0.717, 1.165) is 57.8 Å². The van der Waals surface area contributed by atoms with E-state index in [1.165, 1.54) is 0 Å². The summed E-state index contributed by atoms with van der Waals surface area (Å²) in [6.07, 6.45) is 16.6. The maximum absolute atomic E-state index is 12.2. The zero-order valence-electron chi connectivity index (χ0n) is 17.0. The lowest BCUT2D eigenvalue weighted by molar-refractivity contribution is -0.151. The van der Waals surface area contributed by atoms with Crippen molar-refractivity contribution in [1.82, 2.24) is 0 Å². The number of allylic oxidation sites excluding steroid dienone is 4. The molecule has 4 nitrogen and oxygen atoms in total. The molecule has 0 spiro atoms. The first-order chi connectivity index (χ1) is 13.1. The Labute approximate surface area is 164 Å². The number of hydrogen-bond acceptors (Lipinski definition) is 4. The van der Waals surface area contributed by atoms with Crippen LogP contribution in [0.5, 0.6) is 0 Å². The zero-order valence-corrected chi connectivity index (χ0v) is 17.0. The Kier molecular flexibility index (Phi) is 9.65. The highest BCUT2D eigenvalue weighted by molar-refractivity contribution is 5.73. The van der Waals surface area contributed by atoms with Crippen LogP contribution in [-0.4, -0.2) is 25.2 Å². The number of hydrogen-bond donors (Lipinski definition) is 0. The number of ether oxygens (including phenoxy) is 2. The van der Waals surface area contributed by atoms with Gasteiger partial charge < -0.3 is 9.47 Å². The highest BCUT2D eigenvalue weighted by Crippen LogP contribution is 2.24. The smallest absolute Gasteiger partial charge is 0.309 e. The van der Waals surface area contributed by atoms with Gasteiger partial charge in [0.25, 0.3) is 0 Å². The highest BCUT2D eigenvalue weighted by Gasteiger charge is 2.24. The zero-order chi connectivity index (χ0) is 19.5. The van der Waals surface area contributed by atoms with Gasteiger partial charge in [0.1, 0.15) is 0 Å². The van der Waals surface area contributed by atoms with Crippen molar-refractivity contribution in [2.75, 3.05) is 13.2 Å². The second-order valence-corrected chi connectivity index (χ2v) is 8.01. The number of esters is 2. The van der Waals surface area contributed by atoms with E-state index in [0.29, 0.717) is 25.0 Å². The molecule has 0 fully saturated rings. The summed E-state index contributed by atoms with van der Waals surface area (Å²) in [5, 5.41) is 0. The van der Waals surface area contributed by atoms with Gasteiger partial charge in [0, 0.05) is 0 Å². The highest BCUT2D eigenvalue weighted by atomic mass is 16.5. The van der Waals surface area contributed by atoms with Gasteiger partial charge in [-0.05, 0) is 56.8 Å². The summed E-state index contributed by atoms with van der Waals surface area (Å²) >= 11 is 0. The summed E-state index contributed by atoms with van der Waals surface area (Å²) in [6.45, 7) is 5.23. The molecule has 0 amide bonds. The average Bonchev–Trinajstić information content (AvgIpc) is 2.74. The van der Waals surface area contributed by atoms with Crippen LogP contribution >= 0.6 is 0 Å². The Bertz CT molecular complexity index is 476. The van der Waals surface area contributed by atoms with Crippen LogP contribution < -0.4 is 0 Å². The SMILES string of the molecule is CCC(COC(=O)C1CC=CCC1)CC(CC)COC(=O)C1CC=CCC1. The Morgan fingerprint density at radius 3 is 1.59 bits per heavy atom. The van der Waals surface area contributed by atoms with Crippen molar-refractivity contribution in [3.8, 4) is 0 Å². The van der Waals surface area contributed by atoms with Crippen molar-refractivity contribution in [3.05, 3.63) is 24.3 Å². The molecule has 4 atom stereocenters. The molecular formula is C23H36O4. The Hall–Kier alpha value is -1.58. The molecule has 4 unspecified atom stereocenters. The van der Waals surface area contributed by atoms with Crippen LogP contribution in [0, 0.1) is 23.7 Å². The molecular weight excluding hydrogens is 340 g/mol. The first-order valence-corrected chi connectivity index (χ1v) is 10.8. The maximum Gasteiger partial charge on any atom is 0.309 e. The summed E-state index contributed by atoms with van der Waals surface area (Å²) in [5.41, 5.74) is 0. The molecule has 0 bridgehead atoms. The van der Waals surface area contributed by atoms with Gasteiger partial charge in [-0.3, -0.25) is 9.59 Å². The van der Waals surface area contributed by atoms with Crippen LogP contribution in [0.3, 0.4) is 0 Å². The van der Waals surface area contributed by atoms with E-state index >= 15 is 0 Å². The van der Waals surface area contributed by atoms with Crippen molar-refractivity contribution < 1.29 is 19.1 Å². The molecule has 0 aliphatic heterocycles. The van der Waals surface area contributed by atoms with E-state index in [1.54, 1.807) is 0 Å². The van der Waals surface area contributed by atoms with Crippen LogP contribution in [0.25, 0.3) is 0 Å². The van der Waals surface area contributed by atoms with E-state index in [-0.39, 0.29) is 23.8 Å². The molecule has 0 N–H and O–H groups in total. The van der Waals surface area contributed by atoms with Gasteiger partial charge in [-0.1, -0.05) is 51.0 Å². The van der Waals surface area contributed by atoms with Gasteiger partial charge in [-0.15, -0.1) is 0 Å². The van der Waals surface area contributed by atoms with Crippen LogP contribution in [0.4, 0.5) is 0 Å². The monoisotopic (exact) mass is 376 g/mol. The lowest BCUT2D eigenvalue weighted by Crippen LogP contribution is -2.25. The Balaban J connectivity index is 1.71. The number of carbonyl (C=O) groups excluding carboxylic acids is 2. The van der Waals surface area contributed by atoms with E-state index < -0.39 is 0 Å². The molecule has 0 radical (unpaired) electrons. The van der Waals surface area contributed by atoms with Gasteiger partial charge in [0.15, 0.2) is 0 Å². The van der Waals surface area contributed by atoms with Crippen LogP contribution in [0.15, 0.2) is 24.3 Å². The fourth-order valence-corrected chi connectivity index (χ4v) is 3.83. The molecule has 0 heterocycles. The van der Waals surface area contributed by atoms with Gasteiger partial charge >= 0.3 is 11.9 Å². The lowest BCUT2D eigenvalue weighted by Gasteiger charge is -2.24. The topological polar surface area (TPSA) is 52.6 Å². The standard InChI is InChI=1S/C23H36O4/c1-3-18(16-26-22(24)20-11-7-5-8-12-20)15-19(4-2)17-27-23(25)21-13-9-6-10-14-21/h5-7,9,18-21H,3-4,8,10-17H2,1-2H3. The molecule has 2 aliphatic rings. The van der Waals surface area contributed by atoms with E-state index in [9.17, 15) is 9.59 Å². The molecule has 0 saturated carbocycles. The lowest BCUT2D eigenvalue weighted by atomic mass is 9.91. The number of rotatable bonds is 10. The second kappa shape index (κ2) is 12.0. The molecule has 2 aliphatic carbocycles. The third-order valence-electron chi connectivity index (χ3n) is 5.95. The van der Waals surface area contributed by atoms with Crippen LogP contribution in [0.1, 0.15) is 71.6 Å². The van der Waals surface area contributed by atoms with Crippen LogP contribution in [-0.2, 0) is 19.1 Å². The third kappa shape index (κ3) is 7.51. The Morgan fingerprint density at radius 2 is 1.26 bits per heavy atom. The van der Waals surface area contributed by atoms with E-state index in [4.69, 9.17) is 9.47 Å². The largest absolute Gasteiger partial charge is 0.465 e. The van der Waals surface area contributed by atoms with Gasteiger partial charge in [-0.2, -0.15) is 0 Å². The first kappa shape index (κ1) is 21.7. The first-order valence-electron chi connectivity index (χ1n) is 10.8. The summed E-state index contributed by atoms with van der Waals surface area (Å²) in [6, 6.07) is 0. The average molecular weight is 377 g/mol. The molecule has 0 aromatic rings. The van der Waals surface area contributed by atoms with E-state index in [2.05, 4.69) is 38.2 Å². The summed E-state index contributed by atoms with van der Waals surface area (Å²) in [5.74, 6) is 0.605. The minimum atomic E-state index is -0.0531. The molecule has 0 saturated heterocycles. The second-order valence-electron chi connectivity index (χ2n) is 8.01. The summed E-state index contributed by atoms with van der Waals surface area (Å²) in [7, 11) is 0. The molecule has 4 heteroatoms. The Morgan fingerprint density at radius 1 is 0.815 bits per heavy atom. The summed E-state index contributed by atoms with van der Waals surface area (Å²) in [4.78, 5) is 24.5. The van der Waals surface area contributed by atoms with Crippen molar-refractivity contribution >= 4 is 11.9 Å². The van der Waals surface area contributed by atoms with Crippen molar-refractivity contribution in [2.45, 2.75) is 71.6 Å². The minimum absolute atomic E-state index is 0.0278. The molecule has 0 aromatic carbocycles.